The van der Waals surface area contributed by atoms with E-state index < -0.39 is 10.8 Å². The molecule has 1 heterocycles. The van der Waals surface area contributed by atoms with Gasteiger partial charge in [-0.15, -0.1) is 0 Å². The van der Waals surface area contributed by atoms with Gasteiger partial charge in [-0.3, -0.25) is 9.11 Å². The zero-order chi connectivity index (χ0) is 14.9. The van der Waals surface area contributed by atoms with E-state index in [1.54, 1.807) is 30.3 Å². The fraction of sp³-hybridized carbons (Fsp3) is 0.143. The largest absolute Gasteiger partial charge is 0.457 e. The summed E-state index contributed by atoms with van der Waals surface area (Å²) in [6.45, 7) is 0.626. The lowest BCUT2D eigenvalue weighted by molar-refractivity contribution is 0.454. The Morgan fingerprint density at radius 3 is 2.52 bits per heavy atom. The molecule has 3 rings (SSSR count). The van der Waals surface area contributed by atoms with Crippen molar-refractivity contribution in [1.82, 2.24) is 10.3 Å². The van der Waals surface area contributed by atoms with Gasteiger partial charge in [0.25, 0.3) is 0 Å². The van der Waals surface area contributed by atoms with E-state index in [9.17, 15) is 9.11 Å². The van der Waals surface area contributed by atoms with Crippen LogP contribution in [0.3, 0.4) is 0 Å². The summed E-state index contributed by atoms with van der Waals surface area (Å²) in [7, 11) is -3.06. The third-order valence-electron chi connectivity index (χ3n) is 3.19. The molecule has 0 atom stereocenters. The van der Waals surface area contributed by atoms with E-state index in [4.69, 9.17) is 10.5 Å². The third-order valence-corrected chi connectivity index (χ3v) is 4.62. The van der Waals surface area contributed by atoms with Gasteiger partial charge in [-0.05, 0) is 42.3 Å². The number of rotatable bonds is 2. The average molecular weight is 307 g/mol. The van der Waals surface area contributed by atoms with Crippen molar-refractivity contribution in [2.24, 2.45) is 0 Å². The molecule has 0 fully saturated rings. The third kappa shape index (κ3) is 3.12. The van der Waals surface area contributed by atoms with Gasteiger partial charge in [0.15, 0.2) is 0 Å². The first-order valence-electron chi connectivity index (χ1n) is 6.49. The van der Waals surface area contributed by atoms with Gasteiger partial charge in [-0.25, -0.2) is 5.43 Å². The minimum atomic E-state index is -3.06. The van der Waals surface area contributed by atoms with Crippen LogP contribution in [0.1, 0.15) is 5.56 Å². The Morgan fingerprint density at radius 1 is 1.05 bits per heavy atom. The Balaban J connectivity index is 1.91. The number of ether oxygens (including phenoxy) is 1. The predicted molar refractivity (Wildman–Crippen MR) is 83.3 cm³/mol. The molecule has 6 nitrogen and oxygen atoms in total. The second kappa shape index (κ2) is 5.55. The van der Waals surface area contributed by atoms with E-state index in [-0.39, 0.29) is 0 Å². The standard InChI is InChI=1S/C14H17N3O3S/c15-11-2-5-12(6-3-11)20-13-4-1-10-7-8-16-17-21(18,19)14(10)9-13/h1-6,9,16-19H,7-8,15H2. The Morgan fingerprint density at radius 2 is 1.76 bits per heavy atom. The van der Waals surface area contributed by atoms with E-state index in [2.05, 4.69) is 10.3 Å². The van der Waals surface area contributed by atoms with Crippen molar-refractivity contribution in [2.45, 2.75) is 11.3 Å². The quantitative estimate of drug-likeness (QED) is 0.547. The Hall–Kier alpha value is -1.77. The molecule has 0 saturated carbocycles. The molecule has 0 unspecified atom stereocenters. The van der Waals surface area contributed by atoms with Crippen LogP contribution < -0.4 is 20.7 Å². The predicted octanol–water partition coefficient (Wildman–Crippen LogP) is 2.74. The molecular formula is C14H17N3O3S. The van der Waals surface area contributed by atoms with Gasteiger partial charge in [0.05, 0.1) is 4.90 Å². The molecule has 6 N–H and O–H groups in total. The van der Waals surface area contributed by atoms with Crippen LogP contribution in [-0.2, 0) is 6.42 Å². The summed E-state index contributed by atoms with van der Waals surface area (Å²) in [5, 5.41) is 0. The smallest absolute Gasteiger partial charge is 0.129 e. The molecule has 0 saturated heterocycles. The number of benzene rings is 2. The zero-order valence-corrected chi connectivity index (χ0v) is 12.1. The average Bonchev–Trinajstić information content (AvgIpc) is 2.61. The highest BCUT2D eigenvalue weighted by Gasteiger charge is 2.22. The molecule has 0 aliphatic carbocycles. The number of nitrogens with one attached hydrogen (secondary N) is 2. The minimum Gasteiger partial charge on any atom is -0.457 e. The van der Waals surface area contributed by atoms with Gasteiger partial charge in [-0.1, -0.05) is 16.8 Å². The highest BCUT2D eigenvalue weighted by atomic mass is 32.3. The molecule has 2 aromatic rings. The van der Waals surface area contributed by atoms with E-state index in [0.29, 0.717) is 35.0 Å². The molecule has 2 aromatic carbocycles. The van der Waals surface area contributed by atoms with E-state index in [1.165, 1.54) is 0 Å². The van der Waals surface area contributed by atoms with Crippen LogP contribution >= 0.6 is 10.8 Å². The first-order chi connectivity index (χ1) is 10.0. The number of hydrogen-bond donors (Lipinski definition) is 5. The van der Waals surface area contributed by atoms with Gasteiger partial charge in [0.1, 0.15) is 11.5 Å². The number of anilines is 1. The van der Waals surface area contributed by atoms with Crippen molar-refractivity contribution in [2.75, 3.05) is 12.3 Å². The molecule has 0 aromatic heterocycles. The van der Waals surface area contributed by atoms with Crippen molar-refractivity contribution in [3.8, 4) is 11.5 Å². The Bertz CT molecular complexity index is 646. The molecule has 0 spiro atoms. The molecule has 7 heteroatoms. The molecule has 0 radical (unpaired) electrons. The van der Waals surface area contributed by atoms with Crippen LogP contribution in [0.5, 0.6) is 11.5 Å². The molecular weight excluding hydrogens is 290 g/mol. The number of nitrogens with two attached hydrogens (primary N) is 1. The Labute approximate surface area is 124 Å². The first-order valence-corrected chi connectivity index (χ1v) is 8.03. The number of fused-ring (bicyclic) bond motifs is 1. The molecule has 1 aliphatic rings. The second-order valence-electron chi connectivity index (χ2n) is 4.77. The van der Waals surface area contributed by atoms with Gasteiger partial charge in [0.2, 0.25) is 0 Å². The number of nitrogen functional groups attached to an aromatic ring is 1. The van der Waals surface area contributed by atoms with Crippen molar-refractivity contribution in [1.29, 1.82) is 0 Å². The lowest BCUT2D eigenvalue weighted by Crippen LogP contribution is -2.33. The van der Waals surface area contributed by atoms with Crippen molar-refractivity contribution in [3.63, 3.8) is 0 Å². The van der Waals surface area contributed by atoms with Crippen LogP contribution in [0.4, 0.5) is 5.69 Å². The molecule has 21 heavy (non-hydrogen) atoms. The summed E-state index contributed by atoms with van der Waals surface area (Å²) in [4.78, 5) is 3.01. The number of hydrazine groups is 1. The summed E-state index contributed by atoms with van der Waals surface area (Å²) >= 11 is 0. The summed E-state index contributed by atoms with van der Waals surface area (Å²) < 4.78 is 26.0. The number of hydrogen-bond acceptors (Lipinski definition) is 6. The molecule has 112 valence electrons. The fourth-order valence-electron chi connectivity index (χ4n) is 2.15. The lowest BCUT2D eigenvalue weighted by Gasteiger charge is -2.32. The maximum absolute atomic E-state index is 10.1. The lowest BCUT2D eigenvalue weighted by atomic mass is 10.1. The van der Waals surface area contributed by atoms with E-state index >= 15 is 0 Å². The molecule has 1 aliphatic heterocycles. The van der Waals surface area contributed by atoms with Crippen molar-refractivity contribution in [3.05, 3.63) is 48.0 Å². The van der Waals surface area contributed by atoms with Gasteiger partial charge in [0, 0.05) is 18.3 Å². The summed E-state index contributed by atoms with van der Waals surface area (Å²) in [5.74, 6) is 1.18. The summed E-state index contributed by atoms with van der Waals surface area (Å²) in [6, 6.07) is 12.3. The summed E-state index contributed by atoms with van der Waals surface area (Å²) in [5.41, 5.74) is 9.97. The first kappa shape index (κ1) is 14.2. The van der Waals surface area contributed by atoms with Crippen molar-refractivity contribution < 1.29 is 13.8 Å². The van der Waals surface area contributed by atoms with Gasteiger partial charge < -0.3 is 10.5 Å². The highest BCUT2D eigenvalue weighted by Crippen LogP contribution is 2.47. The van der Waals surface area contributed by atoms with Crippen LogP contribution in [0.25, 0.3) is 0 Å². The minimum absolute atomic E-state index is 0.459. The van der Waals surface area contributed by atoms with Crippen LogP contribution in [0.15, 0.2) is 47.4 Å². The van der Waals surface area contributed by atoms with Gasteiger partial charge >= 0.3 is 0 Å². The van der Waals surface area contributed by atoms with E-state index in [0.717, 1.165) is 5.56 Å². The van der Waals surface area contributed by atoms with E-state index in [1.807, 2.05) is 12.1 Å². The van der Waals surface area contributed by atoms with Crippen LogP contribution in [-0.4, -0.2) is 15.7 Å². The molecule has 0 bridgehead atoms. The normalized spacial score (nSPS) is 18.4. The zero-order valence-electron chi connectivity index (χ0n) is 11.2. The maximum Gasteiger partial charge on any atom is 0.129 e. The maximum atomic E-state index is 10.1. The summed E-state index contributed by atoms with van der Waals surface area (Å²) in [6.07, 6.45) is 0.709. The van der Waals surface area contributed by atoms with Crippen molar-refractivity contribution >= 4 is 16.5 Å². The van der Waals surface area contributed by atoms with Crippen LogP contribution in [0, 0.1) is 0 Å². The Kier molecular flexibility index (Phi) is 3.75. The monoisotopic (exact) mass is 307 g/mol. The van der Waals surface area contributed by atoms with Crippen LogP contribution in [0.2, 0.25) is 0 Å². The molecule has 0 amide bonds. The second-order valence-corrected chi connectivity index (χ2v) is 6.51. The SMILES string of the molecule is Nc1ccc(Oc2ccc3c(c2)S(O)(O)NNCC3)cc1. The highest BCUT2D eigenvalue weighted by molar-refractivity contribution is 8.22. The fourth-order valence-corrected chi connectivity index (χ4v) is 3.38. The van der Waals surface area contributed by atoms with Gasteiger partial charge in [-0.2, -0.15) is 4.83 Å². The topological polar surface area (TPSA) is 99.8 Å².